The molecule has 0 aliphatic heterocycles. The lowest BCUT2D eigenvalue weighted by molar-refractivity contribution is -0.384. The van der Waals surface area contributed by atoms with Gasteiger partial charge in [-0.15, -0.1) is 5.10 Å². The Hall–Kier alpha value is -2.13. The maximum absolute atomic E-state index is 11.7. The summed E-state index contributed by atoms with van der Waals surface area (Å²) in [6.07, 6.45) is 1.25. The number of pyridine rings is 1. The number of carbonyl (C=O) groups excluding carboxylic acids is 1. The van der Waals surface area contributed by atoms with Gasteiger partial charge in [-0.2, -0.15) is 0 Å². The van der Waals surface area contributed by atoms with E-state index in [0.717, 1.165) is 17.6 Å². The first-order valence-electron chi connectivity index (χ1n) is 4.47. The fourth-order valence-electron chi connectivity index (χ4n) is 1.10. The predicted molar refractivity (Wildman–Crippen MR) is 63.8 cm³/mol. The van der Waals surface area contributed by atoms with Crippen LogP contribution >= 0.6 is 23.1 Å². The van der Waals surface area contributed by atoms with E-state index in [1.54, 1.807) is 0 Å². The summed E-state index contributed by atoms with van der Waals surface area (Å²) >= 11 is 6.49. The first-order chi connectivity index (χ1) is 8.58. The van der Waals surface area contributed by atoms with Crippen molar-refractivity contribution < 1.29 is 9.72 Å². The number of hydrogen-bond donors (Lipinski definition) is 1. The Bertz CT molecular complexity index is 603. The minimum Gasteiger partial charge on any atom is -0.300 e. The number of nitrogens with zero attached hydrogens (tertiary/aromatic N) is 4. The van der Waals surface area contributed by atoms with Gasteiger partial charge in [0, 0.05) is 6.07 Å². The number of rotatable bonds is 3. The highest BCUT2D eigenvalue weighted by molar-refractivity contribution is 7.07. The zero-order valence-electron chi connectivity index (χ0n) is 8.53. The SMILES string of the molecule is O=C(Nc1nc(Cl)ccc1[N+](=O)[O-])c1cnns1. The normalized spacial score (nSPS) is 10.1. The number of halogens is 1. The van der Waals surface area contributed by atoms with Crippen molar-refractivity contribution in [1.29, 1.82) is 0 Å². The quantitative estimate of drug-likeness (QED) is 0.522. The summed E-state index contributed by atoms with van der Waals surface area (Å²) in [5.41, 5.74) is -0.342. The van der Waals surface area contributed by atoms with E-state index in [1.807, 2.05) is 0 Å². The average Bonchev–Trinajstić information content (AvgIpc) is 2.81. The molecule has 0 saturated heterocycles. The van der Waals surface area contributed by atoms with Crippen LogP contribution in [0.1, 0.15) is 9.67 Å². The highest BCUT2D eigenvalue weighted by Crippen LogP contribution is 2.24. The molecule has 0 radical (unpaired) electrons. The summed E-state index contributed by atoms with van der Waals surface area (Å²) < 4.78 is 3.51. The third-order valence-electron chi connectivity index (χ3n) is 1.85. The highest BCUT2D eigenvalue weighted by Gasteiger charge is 2.19. The maximum Gasteiger partial charge on any atom is 0.311 e. The largest absolute Gasteiger partial charge is 0.311 e. The van der Waals surface area contributed by atoms with E-state index in [9.17, 15) is 14.9 Å². The van der Waals surface area contributed by atoms with E-state index in [2.05, 4.69) is 19.9 Å². The monoisotopic (exact) mass is 285 g/mol. The van der Waals surface area contributed by atoms with Gasteiger partial charge in [0.15, 0.2) is 0 Å². The van der Waals surface area contributed by atoms with Gasteiger partial charge in [0.25, 0.3) is 5.91 Å². The molecule has 0 spiro atoms. The summed E-state index contributed by atoms with van der Waals surface area (Å²) in [5, 5.41) is 16.6. The van der Waals surface area contributed by atoms with Crippen molar-refractivity contribution >= 4 is 40.5 Å². The molecule has 0 atom stereocenters. The standard InChI is InChI=1S/C8H4ClN5O3S/c9-6-2-1-4(14(16)17)7(11-6)12-8(15)5-3-10-13-18-5/h1-3H,(H,11,12,15). The van der Waals surface area contributed by atoms with E-state index in [-0.39, 0.29) is 21.5 Å². The molecule has 2 aromatic rings. The smallest absolute Gasteiger partial charge is 0.300 e. The molecule has 0 aromatic carbocycles. The molecule has 0 unspecified atom stereocenters. The predicted octanol–water partition coefficient (Wildman–Crippen LogP) is 1.75. The van der Waals surface area contributed by atoms with Gasteiger partial charge in [-0.1, -0.05) is 16.1 Å². The van der Waals surface area contributed by atoms with E-state index in [4.69, 9.17) is 11.6 Å². The van der Waals surface area contributed by atoms with Gasteiger partial charge in [0.1, 0.15) is 10.0 Å². The summed E-state index contributed by atoms with van der Waals surface area (Å²) in [6, 6.07) is 2.43. The van der Waals surface area contributed by atoms with Crippen LogP contribution in [-0.4, -0.2) is 25.4 Å². The van der Waals surface area contributed by atoms with Crippen molar-refractivity contribution in [3.05, 3.63) is 38.5 Å². The molecule has 0 aliphatic carbocycles. The van der Waals surface area contributed by atoms with Crippen LogP contribution in [0.5, 0.6) is 0 Å². The number of amides is 1. The van der Waals surface area contributed by atoms with Gasteiger partial charge in [0.2, 0.25) is 5.82 Å². The summed E-state index contributed by atoms with van der Waals surface area (Å²) in [6.45, 7) is 0. The molecule has 0 bridgehead atoms. The number of hydrogen-bond acceptors (Lipinski definition) is 7. The van der Waals surface area contributed by atoms with Crippen molar-refractivity contribution in [2.75, 3.05) is 5.32 Å². The maximum atomic E-state index is 11.7. The van der Waals surface area contributed by atoms with Gasteiger partial charge >= 0.3 is 5.69 Å². The number of nitro groups is 1. The third kappa shape index (κ3) is 2.57. The number of aromatic nitrogens is 3. The van der Waals surface area contributed by atoms with E-state index in [1.165, 1.54) is 12.3 Å². The minimum atomic E-state index is -0.663. The Labute approximate surface area is 109 Å². The van der Waals surface area contributed by atoms with Crippen LogP contribution < -0.4 is 5.32 Å². The van der Waals surface area contributed by atoms with Gasteiger partial charge in [0.05, 0.1) is 11.1 Å². The summed E-state index contributed by atoms with van der Waals surface area (Å²) in [7, 11) is 0. The molecule has 2 aromatic heterocycles. The number of anilines is 1. The fraction of sp³-hybridized carbons (Fsp3) is 0. The first kappa shape index (κ1) is 12.3. The second-order valence-electron chi connectivity index (χ2n) is 2.99. The molecule has 2 rings (SSSR count). The van der Waals surface area contributed by atoms with Crippen LogP contribution in [0.3, 0.4) is 0 Å². The molecule has 0 saturated carbocycles. The molecule has 18 heavy (non-hydrogen) atoms. The molecular formula is C8H4ClN5O3S. The molecular weight excluding hydrogens is 282 g/mol. The molecule has 1 N–H and O–H groups in total. The summed E-state index contributed by atoms with van der Waals surface area (Å²) in [5.74, 6) is -0.797. The van der Waals surface area contributed by atoms with Crippen molar-refractivity contribution in [2.24, 2.45) is 0 Å². The molecule has 0 aliphatic rings. The van der Waals surface area contributed by atoms with Crippen LogP contribution in [0, 0.1) is 10.1 Å². The van der Waals surface area contributed by atoms with Crippen LogP contribution in [0.15, 0.2) is 18.3 Å². The van der Waals surface area contributed by atoms with Gasteiger partial charge < -0.3 is 0 Å². The molecule has 2 heterocycles. The van der Waals surface area contributed by atoms with Crippen molar-refractivity contribution in [3.63, 3.8) is 0 Å². The lowest BCUT2D eigenvalue weighted by Crippen LogP contribution is -2.13. The van der Waals surface area contributed by atoms with Crippen LogP contribution in [0.2, 0.25) is 5.15 Å². The summed E-state index contributed by atoms with van der Waals surface area (Å²) in [4.78, 5) is 25.7. The molecule has 10 heteroatoms. The third-order valence-corrected chi connectivity index (χ3v) is 2.73. The topological polar surface area (TPSA) is 111 Å². The second kappa shape index (κ2) is 5.02. The van der Waals surface area contributed by atoms with Crippen molar-refractivity contribution in [2.45, 2.75) is 0 Å². The first-order valence-corrected chi connectivity index (χ1v) is 5.62. The van der Waals surface area contributed by atoms with E-state index >= 15 is 0 Å². The highest BCUT2D eigenvalue weighted by atomic mass is 35.5. The fourth-order valence-corrected chi connectivity index (χ4v) is 1.66. The zero-order chi connectivity index (χ0) is 13.1. The van der Waals surface area contributed by atoms with Gasteiger partial charge in [-0.05, 0) is 17.6 Å². The van der Waals surface area contributed by atoms with Crippen molar-refractivity contribution in [3.8, 4) is 0 Å². The molecule has 92 valence electrons. The van der Waals surface area contributed by atoms with Crippen molar-refractivity contribution in [1.82, 2.24) is 14.6 Å². The lowest BCUT2D eigenvalue weighted by Gasteiger charge is -2.03. The zero-order valence-corrected chi connectivity index (χ0v) is 10.1. The Balaban J connectivity index is 2.31. The molecule has 0 fully saturated rings. The Morgan fingerprint density at radius 2 is 2.28 bits per heavy atom. The number of carbonyl (C=O) groups is 1. The van der Waals surface area contributed by atoms with E-state index < -0.39 is 10.8 Å². The Morgan fingerprint density at radius 1 is 1.50 bits per heavy atom. The molecule has 1 amide bonds. The van der Waals surface area contributed by atoms with Gasteiger partial charge in [-0.3, -0.25) is 20.2 Å². The Kier molecular flexibility index (Phi) is 3.44. The molecule has 8 nitrogen and oxygen atoms in total. The average molecular weight is 286 g/mol. The lowest BCUT2D eigenvalue weighted by atomic mass is 10.4. The Morgan fingerprint density at radius 3 is 2.89 bits per heavy atom. The second-order valence-corrected chi connectivity index (χ2v) is 4.17. The van der Waals surface area contributed by atoms with Crippen LogP contribution in [0.25, 0.3) is 0 Å². The van der Waals surface area contributed by atoms with E-state index in [0.29, 0.717) is 0 Å². The van der Waals surface area contributed by atoms with Crippen LogP contribution in [0.4, 0.5) is 11.5 Å². The number of nitrogens with one attached hydrogen (secondary N) is 1. The minimum absolute atomic E-state index is 0.0401. The van der Waals surface area contributed by atoms with Gasteiger partial charge in [-0.25, -0.2) is 4.98 Å². The van der Waals surface area contributed by atoms with Crippen LogP contribution in [-0.2, 0) is 0 Å².